The van der Waals surface area contributed by atoms with E-state index in [0.29, 0.717) is 0 Å². The Morgan fingerprint density at radius 1 is 0.541 bits per heavy atom. The number of aryl methyl sites for hydroxylation is 4. The first-order chi connectivity index (χ1) is 17.2. The zero-order valence-electron chi connectivity index (χ0n) is 20.4. The highest BCUT2D eigenvalue weighted by molar-refractivity contribution is 7.13. The van der Waals surface area contributed by atoms with Crippen molar-refractivity contribution in [3.8, 4) is 0 Å². The maximum absolute atomic E-state index is 4.34. The maximum atomic E-state index is 4.34. The number of aromatic nitrogens is 2. The molecule has 4 aromatic rings. The van der Waals surface area contributed by atoms with Crippen molar-refractivity contribution in [1.29, 1.82) is 0 Å². The Hall–Kier alpha value is -3.10. The minimum Gasteiger partial charge on any atom is -0.222 e. The number of nitrogens with zero attached hydrogens (tertiary/aromatic N) is 6. The van der Waals surface area contributed by atoms with E-state index in [-0.39, 0.29) is 14.9 Å². The molecule has 0 fully saturated rings. The van der Waals surface area contributed by atoms with Crippen LogP contribution in [0.4, 0.5) is 21.6 Å². The van der Waals surface area contributed by atoms with Crippen LogP contribution in [-0.4, -0.2) is 0 Å². The number of hydrogen-bond acceptors (Lipinski definition) is 6. The molecule has 0 atom stereocenters. The van der Waals surface area contributed by atoms with Crippen LogP contribution in [0.25, 0.3) is 0 Å². The number of unbranched alkanes of at least 4 members (excludes halogenated alkanes) is 4. The van der Waals surface area contributed by atoms with Crippen molar-refractivity contribution < 1.29 is 9.13 Å². The minimum atomic E-state index is 0. The van der Waals surface area contributed by atoms with Crippen LogP contribution in [0, 0.1) is 0 Å². The number of hydrogen-bond donors (Lipinski definition) is 0. The van der Waals surface area contributed by atoms with E-state index in [4.69, 9.17) is 0 Å². The van der Waals surface area contributed by atoms with Gasteiger partial charge in [-0.2, -0.15) is 0 Å². The average molecular weight is 537 g/mol. The lowest BCUT2D eigenvalue weighted by atomic mass is 10.0. The fourth-order valence-corrected chi connectivity index (χ4v) is 5.06. The van der Waals surface area contributed by atoms with Crippen LogP contribution in [0.5, 0.6) is 0 Å². The van der Waals surface area contributed by atoms with Crippen molar-refractivity contribution in [2.75, 3.05) is 0 Å². The van der Waals surface area contributed by atoms with E-state index in [1.165, 1.54) is 43.2 Å². The summed E-state index contributed by atoms with van der Waals surface area (Å²) in [6, 6.07) is 16.9. The van der Waals surface area contributed by atoms with Gasteiger partial charge >= 0.3 is 10.3 Å². The van der Waals surface area contributed by atoms with Crippen molar-refractivity contribution in [1.82, 2.24) is 0 Å². The lowest BCUT2D eigenvalue weighted by Gasteiger charge is -2.04. The molecule has 0 saturated heterocycles. The Morgan fingerprint density at radius 3 is 1.27 bits per heavy atom. The van der Waals surface area contributed by atoms with Crippen LogP contribution >= 0.6 is 22.7 Å². The van der Waals surface area contributed by atoms with Gasteiger partial charge < -0.3 is 0 Å². The molecule has 0 aliphatic carbocycles. The molecule has 0 aliphatic rings. The van der Waals surface area contributed by atoms with E-state index in [2.05, 4.69) is 69.0 Å². The fraction of sp³-hybridized carbons (Fsp3) is 0.379. The van der Waals surface area contributed by atoms with E-state index >= 15 is 0 Å². The van der Waals surface area contributed by atoms with E-state index in [9.17, 15) is 0 Å². The third-order valence-corrected chi connectivity index (χ3v) is 7.50. The molecule has 196 valence electrons. The van der Waals surface area contributed by atoms with Crippen LogP contribution < -0.4 is 9.13 Å². The molecule has 0 radical (unpaired) electrons. The summed E-state index contributed by atoms with van der Waals surface area (Å²) in [5.41, 5.74) is 4.54. The monoisotopic (exact) mass is 536 g/mol. The zero-order valence-corrected chi connectivity index (χ0v) is 22.0. The van der Waals surface area contributed by atoms with Crippen molar-refractivity contribution in [2.45, 2.75) is 59.8 Å². The molecule has 2 aromatic heterocycles. The topological polar surface area (TPSA) is 57.2 Å². The fourth-order valence-electron chi connectivity index (χ4n) is 3.70. The highest BCUT2D eigenvalue weighted by Crippen LogP contribution is 2.21. The second-order valence-electron chi connectivity index (χ2n) is 8.59. The van der Waals surface area contributed by atoms with Crippen LogP contribution in [0.3, 0.4) is 0 Å². The van der Waals surface area contributed by atoms with Crippen molar-refractivity contribution >= 4 is 44.3 Å². The summed E-state index contributed by atoms with van der Waals surface area (Å²) in [6.45, 7) is 0. The summed E-state index contributed by atoms with van der Waals surface area (Å²) >= 11 is 3.17. The highest BCUT2D eigenvalue weighted by Gasteiger charge is 2.08. The lowest BCUT2D eigenvalue weighted by molar-refractivity contribution is -0.654. The number of benzene rings is 2. The third kappa shape index (κ3) is 9.70. The van der Waals surface area contributed by atoms with E-state index in [1.54, 1.807) is 22.7 Å². The van der Waals surface area contributed by atoms with Gasteiger partial charge in [0.25, 0.3) is 0 Å². The van der Waals surface area contributed by atoms with Gasteiger partial charge in [0.1, 0.15) is 23.8 Å². The molecule has 0 saturated carbocycles. The molecule has 0 bridgehead atoms. The van der Waals surface area contributed by atoms with E-state index in [0.717, 1.165) is 34.5 Å². The molecule has 6 nitrogen and oxygen atoms in total. The van der Waals surface area contributed by atoms with Gasteiger partial charge in [0, 0.05) is 10.8 Å². The molecule has 2 aromatic carbocycles. The Balaban J connectivity index is 0.00000241. The molecular weight excluding hydrogens is 496 g/mol. The molecular formula is C29H40N6S2+2. The molecule has 0 unspecified atom stereocenters. The Morgan fingerprint density at radius 2 is 0.919 bits per heavy atom. The summed E-state index contributed by atoms with van der Waals surface area (Å²) in [7, 11) is 3.96. The SMILES string of the molecule is C.C.C[n+]1ccsc1N=Nc1ccc(CCCCCCCc2ccc(N=Nc3scc[n+]3C)cc2)cc1. The largest absolute Gasteiger partial charge is 0.408 e. The second-order valence-corrected chi connectivity index (χ2v) is 10.3. The summed E-state index contributed by atoms with van der Waals surface area (Å²) in [6.07, 6.45) is 12.5. The predicted octanol–water partition coefficient (Wildman–Crippen LogP) is 9.30. The number of thiazole rings is 2. The molecule has 37 heavy (non-hydrogen) atoms. The Kier molecular flexibility index (Phi) is 12.9. The first-order valence-corrected chi connectivity index (χ1v) is 13.8. The Labute approximate surface area is 230 Å². The van der Waals surface area contributed by atoms with E-state index in [1.807, 2.05) is 46.4 Å². The normalized spacial score (nSPS) is 11.1. The third-order valence-electron chi connectivity index (χ3n) is 5.82. The van der Waals surface area contributed by atoms with Crippen LogP contribution in [0.15, 0.2) is 92.1 Å². The summed E-state index contributed by atoms with van der Waals surface area (Å²) in [4.78, 5) is 0. The van der Waals surface area contributed by atoms with E-state index < -0.39 is 0 Å². The zero-order chi connectivity index (χ0) is 24.3. The van der Waals surface area contributed by atoms with Crippen molar-refractivity contribution in [3.63, 3.8) is 0 Å². The molecule has 8 heteroatoms. The van der Waals surface area contributed by atoms with Gasteiger partial charge in [0.15, 0.2) is 0 Å². The van der Waals surface area contributed by atoms with Gasteiger partial charge in [0.2, 0.25) is 0 Å². The predicted molar refractivity (Wildman–Crippen MR) is 156 cm³/mol. The summed E-state index contributed by atoms with van der Waals surface area (Å²) in [5, 5.41) is 23.1. The van der Waals surface area contributed by atoms with Gasteiger partial charge in [-0.3, -0.25) is 0 Å². The smallest absolute Gasteiger partial charge is 0.222 e. The van der Waals surface area contributed by atoms with Crippen LogP contribution in [-0.2, 0) is 26.9 Å². The van der Waals surface area contributed by atoms with Gasteiger partial charge in [-0.25, -0.2) is 9.13 Å². The van der Waals surface area contributed by atoms with Crippen LogP contribution in [0.1, 0.15) is 58.1 Å². The van der Waals surface area contributed by atoms with Crippen molar-refractivity contribution in [3.05, 3.63) is 82.8 Å². The second kappa shape index (κ2) is 15.9. The first-order valence-electron chi connectivity index (χ1n) is 12.0. The summed E-state index contributed by atoms with van der Waals surface area (Å²) < 4.78 is 3.94. The molecule has 0 amide bonds. The summed E-state index contributed by atoms with van der Waals surface area (Å²) in [5.74, 6) is 0. The molecule has 0 N–H and O–H groups in total. The maximum Gasteiger partial charge on any atom is 0.408 e. The molecule has 0 spiro atoms. The molecule has 0 aliphatic heterocycles. The average Bonchev–Trinajstić information content (AvgIpc) is 3.49. The minimum absolute atomic E-state index is 0. The quantitative estimate of drug-likeness (QED) is 0.0984. The molecule has 4 rings (SSSR count). The van der Waals surface area contributed by atoms with Crippen LogP contribution in [0.2, 0.25) is 0 Å². The highest BCUT2D eigenvalue weighted by atomic mass is 32.1. The Bertz CT molecular complexity index is 1140. The standard InChI is InChI=1S/C27H32N6S2.2CH4/c1-32-18-20-34-26(32)30-28-24-14-10-22(11-15-24)8-6-4-3-5-7-9-23-12-16-25(17-13-23)29-31-27-33(2)19-21-35-27;;/h10-21H,3-9H2,1-2H3;2*1H4/q+2;;. The van der Waals surface area contributed by atoms with Gasteiger partial charge in [-0.05, 0) is 94.0 Å². The van der Waals surface area contributed by atoms with Gasteiger partial charge in [-0.1, -0.05) is 58.4 Å². The number of rotatable bonds is 12. The first kappa shape index (κ1) is 30.1. The van der Waals surface area contributed by atoms with Gasteiger partial charge in [0.05, 0.1) is 24.3 Å². The van der Waals surface area contributed by atoms with Crippen molar-refractivity contribution in [2.24, 2.45) is 34.6 Å². The number of azo groups is 2. The van der Waals surface area contributed by atoms with Gasteiger partial charge in [-0.15, -0.1) is 0 Å². The lowest BCUT2D eigenvalue weighted by Crippen LogP contribution is -2.23. The molecule has 2 heterocycles.